The molecular weight excluding hydrogens is 587 g/mol. The van der Waals surface area contributed by atoms with Gasteiger partial charge < -0.3 is 8.98 Å². The lowest BCUT2D eigenvalue weighted by molar-refractivity contribution is 0.666. The van der Waals surface area contributed by atoms with Crippen molar-refractivity contribution in [2.45, 2.75) is 0 Å². The molecule has 0 amide bonds. The van der Waals surface area contributed by atoms with Gasteiger partial charge in [0.15, 0.2) is 11.4 Å². The van der Waals surface area contributed by atoms with Gasteiger partial charge in [-0.05, 0) is 41.5 Å². The standard InChI is InChI=1S/C44H27N3O/c1-3-14-28(15-4-1)30-20-11-25-37-40(30)32-19-8-10-24-36(32)47(37)38-26-12-21-33-41-34(22-13-27-39(41)48-43(33)38)44-45-35-23-9-7-18-31(35)42(46-44)29-16-5-2-6-17-29/h1-27H. The monoisotopic (exact) mass is 613 g/mol. The molecule has 3 heterocycles. The molecule has 0 aliphatic rings. The Hall–Kier alpha value is -6.52. The van der Waals surface area contributed by atoms with Crippen molar-refractivity contribution in [3.63, 3.8) is 0 Å². The Morgan fingerprint density at radius 3 is 1.94 bits per heavy atom. The van der Waals surface area contributed by atoms with E-state index in [2.05, 4.69) is 138 Å². The van der Waals surface area contributed by atoms with Crippen LogP contribution >= 0.6 is 0 Å². The minimum absolute atomic E-state index is 0.677. The number of benzene rings is 7. The first-order chi connectivity index (χ1) is 23.8. The lowest BCUT2D eigenvalue weighted by Gasteiger charge is -2.10. The van der Waals surface area contributed by atoms with Crippen molar-refractivity contribution in [2.75, 3.05) is 0 Å². The zero-order chi connectivity index (χ0) is 31.6. The highest BCUT2D eigenvalue weighted by Crippen LogP contribution is 2.43. The maximum absolute atomic E-state index is 6.81. The average Bonchev–Trinajstić information content (AvgIpc) is 3.71. The summed E-state index contributed by atoms with van der Waals surface area (Å²) >= 11 is 0. The van der Waals surface area contributed by atoms with E-state index < -0.39 is 0 Å². The first-order valence-electron chi connectivity index (χ1n) is 16.2. The molecule has 0 N–H and O–H groups in total. The molecule has 4 nitrogen and oxygen atoms in total. The smallest absolute Gasteiger partial charge is 0.161 e. The van der Waals surface area contributed by atoms with Crippen LogP contribution in [0.1, 0.15) is 0 Å². The topological polar surface area (TPSA) is 43.9 Å². The Kier molecular flexibility index (Phi) is 5.84. The van der Waals surface area contributed by atoms with Gasteiger partial charge in [0.1, 0.15) is 5.58 Å². The number of hydrogen-bond donors (Lipinski definition) is 0. The van der Waals surface area contributed by atoms with Crippen molar-refractivity contribution in [1.82, 2.24) is 14.5 Å². The SMILES string of the molecule is c1ccc(-c2nc(-c3cccc4oc5c(-n6c7ccccc7c7c(-c8ccccc8)cccc76)cccc5c34)nc3ccccc23)cc1. The number of para-hydroxylation sites is 3. The number of hydrogen-bond acceptors (Lipinski definition) is 3. The van der Waals surface area contributed by atoms with Crippen LogP contribution in [-0.4, -0.2) is 14.5 Å². The van der Waals surface area contributed by atoms with Crippen molar-refractivity contribution in [3.8, 4) is 39.5 Å². The third-order valence-electron chi connectivity index (χ3n) is 9.42. The van der Waals surface area contributed by atoms with Crippen LogP contribution in [0.3, 0.4) is 0 Å². The summed E-state index contributed by atoms with van der Waals surface area (Å²) in [4.78, 5) is 10.3. The molecule has 0 spiro atoms. The second-order valence-corrected chi connectivity index (χ2v) is 12.1. The zero-order valence-corrected chi connectivity index (χ0v) is 25.8. The molecule has 0 aliphatic heterocycles. The quantitative estimate of drug-likeness (QED) is 0.198. The van der Waals surface area contributed by atoms with E-state index in [1.807, 2.05) is 30.3 Å². The number of furan rings is 1. The minimum atomic E-state index is 0.677. The van der Waals surface area contributed by atoms with Gasteiger partial charge in [0.25, 0.3) is 0 Å². The number of nitrogens with zero attached hydrogens (tertiary/aromatic N) is 3. The summed E-state index contributed by atoms with van der Waals surface area (Å²) in [5, 5.41) is 5.50. The largest absolute Gasteiger partial charge is 0.454 e. The Morgan fingerprint density at radius 1 is 0.438 bits per heavy atom. The van der Waals surface area contributed by atoms with Gasteiger partial charge in [0, 0.05) is 38.1 Å². The van der Waals surface area contributed by atoms with Crippen molar-refractivity contribution >= 4 is 54.6 Å². The van der Waals surface area contributed by atoms with Gasteiger partial charge in [-0.1, -0.05) is 133 Å². The molecule has 10 rings (SSSR count). The van der Waals surface area contributed by atoms with Crippen LogP contribution in [0.2, 0.25) is 0 Å². The van der Waals surface area contributed by atoms with Gasteiger partial charge in [0.2, 0.25) is 0 Å². The van der Waals surface area contributed by atoms with E-state index in [1.165, 1.54) is 21.9 Å². The molecule has 4 heteroatoms. The lowest BCUT2D eigenvalue weighted by atomic mass is 9.99. The Bertz CT molecular complexity index is 2830. The molecular formula is C44H27N3O. The summed E-state index contributed by atoms with van der Waals surface area (Å²) in [5.41, 5.74) is 11.1. The predicted molar refractivity (Wildman–Crippen MR) is 197 cm³/mol. The highest BCUT2D eigenvalue weighted by molar-refractivity contribution is 6.18. The molecule has 0 fully saturated rings. The van der Waals surface area contributed by atoms with E-state index in [0.717, 1.165) is 66.4 Å². The summed E-state index contributed by atoms with van der Waals surface area (Å²) in [7, 11) is 0. The number of fused-ring (bicyclic) bond motifs is 7. The van der Waals surface area contributed by atoms with Crippen LogP contribution in [0, 0.1) is 0 Å². The Balaban J connectivity index is 1.25. The van der Waals surface area contributed by atoms with Gasteiger partial charge in [-0.2, -0.15) is 0 Å². The van der Waals surface area contributed by atoms with Crippen LogP contribution in [0.25, 0.3) is 94.1 Å². The Labute approximate surface area is 276 Å². The fourth-order valence-corrected chi connectivity index (χ4v) is 7.35. The molecule has 0 radical (unpaired) electrons. The van der Waals surface area contributed by atoms with Crippen molar-refractivity contribution in [3.05, 3.63) is 164 Å². The van der Waals surface area contributed by atoms with Crippen LogP contribution in [-0.2, 0) is 0 Å². The fourth-order valence-electron chi connectivity index (χ4n) is 7.35. The van der Waals surface area contributed by atoms with E-state index in [4.69, 9.17) is 14.4 Å². The van der Waals surface area contributed by atoms with Crippen LogP contribution in [0.5, 0.6) is 0 Å². The molecule has 10 aromatic rings. The third-order valence-corrected chi connectivity index (χ3v) is 9.42. The summed E-state index contributed by atoms with van der Waals surface area (Å²) in [5.74, 6) is 0.677. The van der Waals surface area contributed by atoms with Crippen LogP contribution in [0.4, 0.5) is 0 Å². The third kappa shape index (κ3) is 3.96. The van der Waals surface area contributed by atoms with Gasteiger partial charge in [-0.3, -0.25) is 0 Å². The predicted octanol–water partition coefficient (Wildman–Crippen LogP) is 11.6. The van der Waals surface area contributed by atoms with Crippen LogP contribution in [0.15, 0.2) is 168 Å². The second-order valence-electron chi connectivity index (χ2n) is 12.1. The number of aromatic nitrogens is 3. The van der Waals surface area contributed by atoms with Gasteiger partial charge >= 0.3 is 0 Å². The molecule has 0 aliphatic carbocycles. The molecule has 0 unspecified atom stereocenters. The molecule has 0 saturated heterocycles. The molecule has 48 heavy (non-hydrogen) atoms. The van der Waals surface area contributed by atoms with E-state index in [1.54, 1.807) is 0 Å². The van der Waals surface area contributed by atoms with Crippen molar-refractivity contribution in [1.29, 1.82) is 0 Å². The van der Waals surface area contributed by atoms with Gasteiger partial charge in [0.05, 0.1) is 27.9 Å². The Morgan fingerprint density at radius 2 is 1.08 bits per heavy atom. The van der Waals surface area contributed by atoms with Crippen molar-refractivity contribution in [2.24, 2.45) is 0 Å². The van der Waals surface area contributed by atoms with E-state index >= 15 is 0 Å². The first-order valence-corrected chi connectivity index (χ1v) is 16.2. The summed E-state index contributed by atoms with van der Waals surface area (Å²) < 4.78 is 9.16. The van der Waals surface area contributed by atoms with Gasteiger partial charge in [-0.25, -0.2) is 9.97 Å². The molecule has 7 aromatic carbocycles. The maximum atomic E-state index is 6.81. The normalized spacial score (nSPS) is 11.8. The van der Waals surface area contributed by atoms with E-state index in [9.17, 15) is 0 Å². The minimum Gasteiger partial charge on any atom is -0.454 e. The lowest BCUT2D eigenvalue weighted by Crippen LogP contribution is -1.96. The number of rotatable bonds is 4. The van der Waals surface area contributed by atoms with E-state index in [0.29, 0.717) is 5.82 Å². The summed E-state index contributed by atoms with van der Waals surface area (Å²) in [6.45, 7) is 0. The second kappa shape index (κ2) is 10.5. The summed E-state index contributed by atoms with van der Waals surface area (Å²) in [6.07, 6.45) is 0. The molecule has 0 saturated carbocycles. The zero-order valence-electron chi connectivity index (χ0n) is 25.8. The first kappa shape index (κ1) is 26.7. The van der Waals surface area contributed by atoms with Gasteiger partial charge in [-0.15, -0.1) is 0 Å². The fraction of sp³-hybridized carbons (Fsp3) is 0. The molecule has 0 bridgehead atoms. The highest BCUT2D eigenvalue weighted by Gasteiger charge is 2.22. The van der Waals surface area contributed by atoms with Crippen molar-refractivity contribution < 1.29 is 4.42 Å². The van der Waals surface area contributed by atoms with E-state index in [-0.39, 0.29) is 0 Å². The molecule has 3 aromatic heterocycles. The molecule has 224 valence electrons. The average molecular weight is 614 g/mol. The van der Waals surface area contributed by atoms with Crippen LogP contribution < -0.4 is 0 Å². The summed E-state index contributed by atoms with van der Waals surface area (Å²) in [6, 6.07) is 57.0. The highest BCUT2D eigenvalue weighted by atomic mass is 16.3. The molecule has 0 atom stereocenters. The maximum Gasteiger partial charge on any atom is 0.161 e.